The molecular formula is C16H20F3NO3. The largest absolute Gasteiger partial charge is 0.496 e. The Labute approximate surface area is 133 Å². The van der Waals surface area contributed by atoms with Gasteiger partial charge in [0.15, 0.2) is 0 Å². The number of ether oxygens (including phenoxy) is 2. The molecule has 1 aromatic rings. The molecule has 1 N–H and O–H groups in total. The molecule has 0 radical (unpaired) electrons. The number of rotatable bonds is 4. The molecule has 4 nitrogen and oxygen atoms in total. The summed E-state index contributed by atoms with van der Waals surface area (Å²) in [6.45, 7) is 5.43. The Hall–Kier alpha value is -2.18. The molecule has 0 saturated carbocycles. The lowest BCUT2D eigenvalue weighted by Gasteiger charge is -2.19. The van der Waals surface area contributed by atoms with E-state index in [1.165, 1.54) is 19.2 Å². The van der Waals surface area contributed by atoms with Crippen molar-refractivity contribution in [3.63, 3.8) is 0 Å². The number of alkyl halides is 3. The van der Waals surface area contributed by atoms with Gasteiger partial charge >= 0.3 is 12.3 Å². The SMILES string of the molecule is COc1cc(C=CCNC(=O)OC(C)(C)C)ccc1C(F)(F)F. The topological polar surface area (TPSA) is 47.6 Å². The first-order chi connectivity index (χ1) is 10.5. The molecular weight excluding hydrogens is 311 g/mol. The van der Waals surface area contributed by atoms with E-state index in [1.807, 2.05) is 0 Å². The van der Waals surface area contributed by atoms with Crippen LogP contribution in [0.15, 0.2) is 24.3 Å². The average molecular weight is 331 g/mol. The van der Waals surface area contributed by atoms with Crippen LogP contribution in [0.25, 0.3) is 6.08 Å². The molecule has 0 saturated heterocycles. The van der Waals surface area contributed by atoms with Crippen LogP contribution >= 0.6 is 0 Å². The van der Waals surface area contributed by atoms with Gasteiger partial charge in [-0.05, 0) is 38.5 Å². The van der Waals surface area contributed by atoms with E-state index >= 15 is 0 Å². The first-order valence-electron chi connectivity index (χ1n) is 6.91. The quantitative estimate of drug-likeness (QED) is 0.897. The van der Waals surface area contributed by atoms with Crippen LogP contribution in [0.2, 0.25) is 0 Å². The Balaban J connectivity index is 2.66. The second-order valence-electron chi connectivity index (χ2n) is 5.74. The minimum atomic E-state index is -4.47. The zero-order chi connectivity index (χ0) is 17.7. The molecule has 1 amide bonds. The number of methoxy groups -OCH3 is 1. The molecule has 0 aliphatic rings. The van der Waals surface area contributed by atoms with Gasteiger partial charge in [-0.2, -0.15) is 13.2 Å². The van der Waals surface area contributed by atoms with E-state index in [9.17, 15) is 18.0 Å². The number of hydrogen-bond acceptors (Lipinski definition) is 3. The van der Waals surface area contributed by atoms with Gasteiger partial charge < -0.3 is 14.8 Å². The van der Waals surface area contributed by atoms with E-state index in [1.54, 1.807) is 32.9 Å². The standard InChI is InChI=1S/C16H20F3NO3/c1-15(2,3)23-14(21)20-9-5-6-11-7-8-12(16(17,18)19)13(10-11)22-4/h5-8,10H,9H2,1-4H3,(H,20,21). The van der Waals surface area contributed by atoms with E-state index in [0.717, 1.165) is 6.07 Å². The fraction of sp³-hybridized carbons (Fsp3) is 0.438. The minimum absolute atomic E-state index is 0.193. The van der Waals surface area contributed by atoms with Crippen LogP contribution in [0.3, 0.4) is 0 Å². The highest BCUT2D eigenvalue weighted by atomic mass is 19.4. The van der Waals surface area contributed by atoms with Crippen LogP contribution < -0.4 is 10.1 Å². The van der Waals surface area contributed by atoms with Crippen molar-refractivity contribution < 1.29 is 27.4 Å². The van der Waals surface area contributed by atoms with Gasteiger partial charge in [-0.15, -0.1) is 0 Å². The smallest absolute Gasteiger partial charge is 0.419 e. The summed E-state index contributed by atoms with van der Waals surface area (Å²) in [4.78, 5) is 11.4. The summed E-state index contributed by atoms with van der Waals surface area (Å²) in [7, 11) is 1.18. The van der Waals surface area contributed by atoms with Gasteiger partial charge in [-0.25, -0.2) is 4.79 Å². The minimum Gasteiger partial charge on any atom is -0.496 e. The van der Waals surface area contributed by atoms with Gasteiger partial charge in [0.2, 0.25) is 0 Å². The molecule has 128 valence electrons. The summed E-state index contributed by atoms with van der Waals surface area (Å²) >= 11 is 0. The molecule has 0 atom stereocenters. The van der Waals surface area contributed by atoms with Crippen LogP contribution in [0.4, 0.5) is 18.0 Å². The van der Waals surface area contributed by atoms with Gasteiger partial charge in [0.25, 0.3) is 0 Å². The van der Waals surface area contributed by atoms with E-state index in [0.29, 0.717) is 5.56 Å². The molecule has 23 heavy (non-hydrogen) atoms. The summed E-state index contributed by atoms with van der Waals surface area (Å²) in [6, 6.07) is 3.57. The van der Waals surface area contributed by atoms with E-state index in [4.69, 9.17) is 9.47 Å². The van der Waals surface area contributed by atoms with Gasteiger partial charge in [0, 0.05) is 6.54 Å². The highest BCUT2D eigenvalue weighted by Crippen LogP contribution is 2.36. The van der Waals surface area contributed by atoms with Crippen molar-refractivity contribution in [3.05, 3.63) is 35.4 Å². The predicted molar refractivity (Wildman–Crippen MR) is 81.3 cm³/mol. The van der Waals surface area contributed by atoms with Crippen molar-refractivity contribution in [2.45, 2.75) is 32.5 Å². The molecule has 0 aromatic heterocycles. The maximum atomic E-state index is 12.7. The highest BCUT2D eigenvalue weighted by molar-refractivity contribution is 5.68. The fourth-order valence-corrected chi connectivity index (χ4v) is 1.70. The predicted octanol–water partition coefficient (Wildman–Crippen LogP) is 4.25. The molecule has 0 aliphatic carbocycles. The molecule has 1 aromatic carbocycles. The van der Waals surface area contributed by atoms with Crippen molar-refractivity contribution in [3.8, 4) is 5.75 Å². The monoisotopic (exact) mass is 331 g/mol. The number of carbonyl (C=O) groups is 1. The normalized spacial score (nSPS) is 12.3. The van der Waals surface area contributed by atoms with Gasteiger partial charge in [0.05, 0.1) is 12.7 Å². The van der Waals surface area contributed by atoms with E-state index in [-0.39, 0.29) is 12.3 Å². The number of nitrogens with one attached hydrogen (secondary N) is 1. The molecule has 0 bridgehead atoms. The number of hydrogen-bond donors (Lipinski definition) is 1. The Morgan fingerprint density at radius 3 is 2.43 bits per heavy atom. The fourth-order valence-electron chi connectivity index (χ4n) is 1.70. The average Bonchev–Trinajstić information content (AvgIpc) is 2.40. The van der Waals surface area contributed by atoms with Crippen LogP contribution in [-0.4, -0.2) is 25.3 Å². The molecule has 1 rings (SSSR count). The second kappa shape index (κ2) is 7.39. The zero-order valence-electron chi connectivity index (χ0n) is 13.5. The summed E-state index contributed by atoms with van der Waals surface area (Å²) in [6.07, 6.45) is -1.84. The first kappa shape index (κ1) is 18.9. The third kappa shape index (κ3) is 6.63. The molecule has 0 heterocycles. The second-order valence-corrected chi connectivity index (χ2v) is 5.74. The van der Waals surface area contributed by atoms with Crippen LogP contribution in [0.1, 0.15) is 31.9 Å². The Bertz CT molecular complexity index is 575. The Kier molecular flexibility index (Phi) is 6.06. The van der Waals surface area contributed by atoms with Gasteiger partial charge in [-0.3, -0.25) is 0 Å². The number of alkyl carbamates (subject to hydrolysis) is 1. The molecule has 0 aliphatic heterocycles. The van der Waals surface area contributed by atoms with Gasteiger partial charge in [0.1, 0.15) is 11.4 Å². The van der Waals surface area contributed by atoms with Crippen molar-refractivity contribution in [1.29, 1.82) is 0 Å². The molecule has 0 spiro atoms. The van der Waals surface area contributed by atoms with E-state index < -0.39 is 23.4 Å². The third-order valence-corrected chi connectivity index (χ3v) is 2.60. The number of amides is 1. The lowest BCUT2D eigenvalue weighted by molar-refractivity contribution is -0.138. The van der Waals surface area contributed by atoms with Crippen LogP contribution in [0.5, 0.6) is 5.75 Å². The van der Waals surface area contributed by atoms with E-state index in [2.05, 4.69) is 5.32 Å². The van der Waals surface area contributed by atoms with Gasteiger partial charge in [-0.1, -0.05) is 18.2 Å². The van der Waals surface area contributed by atoms with Crippen molar-refractivity contribution in [2.75, 3.05) is 13.7 Å². The summed E-state index contributed by atoms with van der Waals surface area (Å²) in [5.41, 5.74) is -0.890. The summed E-state index contributed by atoms with van der Waals surface area (Å²) < 4.78 is 48.0. The maximum Gasteiger partial charge on any atom is 0.419 e. The summed E-state index contributed by atoms with van der Waals surface area (Å²) in [5.74, 6) is -0.250. The van der Waals surface area contributed by atoms with Crippen LogP contribution in [-0.2, 0) is 10.9 Å². The lowest BCUT2D eigenvalue weighted by Crippen LogP contribution is -2.32. The van der Waals surface area contributed by atoms with Crippen molar-refractivity contribution >= 4 is 12.2 Å². The first-order valence-corrected chi connectivity index (χ1v) is 6.91. The number of halogens is 3. The third-order valence-electron chi connectivity index (χ3n) is 2.60. The molecule has 7 heteroatoms. The number of benzene rings is 1. The Morgan fingerprint density at radius 1 is 1.26 bits per heavy atom. The Morgan fingerprint density at radius 2 is 1.91 bits per heavy atom. The number of carbonyl (C=O) groups excluding carboxylic acids is 1. The molecule has 0 unspecified atom stereocenters. The zero-order valence-corrected chi connectivity index (χ0v) is 13.5. The van der Waals surface area contributed by atoms with Crippen molar-refractivity contribution in [1.82, 2.24) is 5.32 Å². The highest BCUT2D eigenvalue weighted by Gasteiger charge is 2.34. The lowest BCUT2D eigenvalue weighted by atomic mass is 10.1. The van der Waals surface area contributed by atoms with Crippen molar-refractivity contribution in [2.24, 2.45) is 0 Å². The maximum absolute atomic E-state index is 12.7. The molecule has 0 fully saturated rings. The van der Waals surface area contributed by atoms with Crippen LogP contribution in [0, 0.1) is 0 Å². The summed E-state index contributed by atoms with van der Waals surface area (Å²) in [5, 5.41) is 2.51.